The van der Waals surface area contributed by atoms with Gasteiger partial charge in [0, 0.05) is 27.1 Å². The number of nitrogens with zero attached hydrogens (tertiary/aromatic N) is 3. The van der Waals surface area contributed by atoms with Crippen molar-refractivity contribution in [2.45, 2.75) is 19.3 Å². The molecule has 0 saturated carbocycles. The Labute approximate surface area is 334 Å². The first-order chi connectivity index (χ1) is 28.5. The van der Waals surface area contributed by atoms with Crippen LogP contribution in [-0.2, 0) is 5.41 Å². The van der Waals surface area contributed by atoms with Crippen LogP contribution in [0.5, 0.6) is 0 Å². The summed E-state index contributed by atoms with van der Waals surface area (Å²) in [6, 6.07) is 64.6. The van der Waals surface area contributed by atoms with Crippen molar-refractivity contribution in [2.24, 2.45) is 0 Å². The van der Waals surface area contributed by atoms with Crippen molar-refractivity contribution in [1.29, 1.82) is 0 Å². The minimum atomic E-state index is -0.165. The number of hydrogen-bond acceptors (Lipinski definition) is 2. The fraction of sp³-hybridized carbons (Fsp3) is 0.0545. The van der Waals surface area contributed by atoms with E-state index in [0.717, 1.165) is 33.2 Å². The molecule has 0 aliphatic heterocycles. The van der Waals surface area contributed by atoms with Gasteiger partial charge >= 0.3 is 0 Å². The van der Waals surface area contributed by atoms with Gasteiger partial charge in [0.1, 0.15) is 0 Å². The molecule has 270 valence electrons. The van der Waals surface area contributed by atoms with Crippen molar-refractivity contribution in [3.05, 3.63) is 187 Å². The first-order valence-electron chi connectivity index (χ1n) is 20.2. The minimum absolute atomic E-state index is 0.165. The van der Waals surface area contributed by atoms with Gasteiger partial charge in [-0.1, -0.05) is 153 Å². The fourth-order valence-electron chi connectivity index (χ4n) is 10.4. The summed E-state index contributed by atoms with van der Waals surface area (Å²) in [5.41, 5.74) is 10.3. The van der Waals surface area contributed by atoms with Crippen molar-refractivity contribution < 1.29 is 0 Å². The molecule has 58 heavy (non-hydrogen) atoms. The number of hydrogen-bond donors (Lipinski definition) is 0. The van der Waals surface area contributed by atoms with Gasteiger partial charge in [0.15, 0.2) is 0 Å². The first-order valence-corrected chi connectivity index (χ1v) is 20.2. The largest absolute Gasteiger partial charge is 0.278 e. The van der Waals surface area contributed by atoms with Crippen LogP contribution in [0.3, 0.4) is 0 Å². The lowest BCUT2D eigenvalue weighted by Crippen LogP contribution is -2.15. The summed E-state index contributed by atoms with van der Waals surface area (Å²) in [5, 5.41) is 15.9. The lowest BCUT2D eigenvalue weighted by Gasteiger charge is -2.21. The molecule has 12 aromatic rings. The van der Waals surface area contributed by atoms with Crippen molar-refractivity contribution >= 4 is 86.6 Å². The molecule has 0 radical (unpaired) electrons. The van der Waals surface area contributed by atoms with Crippen LogP contribution >= 0.6 is 0 Å². The van der Waals surface area contributed by atoms with E-state index in [0.29, 0.717) is 5.95 Å². The van der Waals surface area contributed by atoms with E-state index in [1.165, 1.54) is 86.9 Å². The third-order valence-electron chi connectivity index (χ3n) is 13.1. The maximum absolute atomic E-state index is 5.61. The van der Waals surface area contributed by atoms with E-state index < -0.39 is 0 Å². The highest BCUT2D eigenvalue weighted by molar-refractivity contribution is 6.29. The molecule has 0 bridgehead atoms. The van der Waals surface area contributed by atoms with Crippen LogP contribution in [-0.4, -0.2) is 14.5 Å². The lowest BCUT2D eigenvalue weighted by molar-refractivity contribution is 0.661. The Hall–Kier alpha value is -7.36. The van der Waals surface area contributed by atoms with Crippen LogP contribution < -0.4 is 0 Å². The molecular formula is C55H35N3. The molecule has 0 spiro atoms. The maximum atomic E-state index is 5.61. The zero-order valence-electron chi connectivity index (χ0n) is 32.1. The maximum Gasteiger partial charge on any atom is 0.235 e. The molecule has 13 rings (SSSR count). The van der Waals surface area contributed by atoms with E-state index in [9.17, 15) is 0 Å². The Morgan fingerprint density at radius 2 is 0.948 bits per heavy atom. The molecule has 1 aliphatic rings. The highest BCUT2D eigenvalue weighted by atomic mass is 15.2. The summed E-state index contributed by atoms with van der Waals surface area (Å²) in [7, 11) is 0. The van der Waals surface area contributed by atoms with Gasteiger partial charge in [-0.15, -0.1) is 0 Å². The molecule has 0 saturated heterocycles. The van der Waals surface area contributed by atoms with E-state index in [1.54, 1.807) is 0 Å². The quantitative estimate of drug-likeness (QED) is 0.165. The summed E-state index contributed by atoms with van der Waals surface area (Å²) >= 11 is 0. The van der Waals surface area contributed by atoms with Gasteiger partial charge in [-0.25, -0.2) is 9.97 Å². The van der Waals surface area contributed by atoms with Gasteiger partial charge in [-0.05, 0) is 113 Å². The molecule has 2 aromatic heterocycles. The molecule has 3 heteroatoms. The third kappa shape index (κ3) is 4.23. The van der Waals surface area contributed by atoms with Crippen LogP contribution in [0.4, 0.5) is 0 Å². The summed E-state index contributed by atoms with van der Waals surface area (Å²) in [5.74, 6) is 0.671. The molecule has 0 N–H and O–H groups in total. The Bertz CT molecular complexity index is 3770. The number of aromatic nitrogens is 3. The normalized spacial score (nSPS) is 13.5. The topological polar surface area (TPSA) is 30.7 Å². The zero-order chi connectivity index (χ0) is 38.3. The second-order valence-corrected chi connectivity index (χ2v) is 16.5. The SMILES string of the molecule is CC1(C)c2ccccc2-c2cc3c4cc5c6ccccc6c6ccccc6c5cc4n(-c4nc(-c5ccc6ccc7ccccc7c6c5)c5ccccc5n4)c3cc21. The number of fused-ring (bicyclic) bond motifs is 16. The van der Waals surface area contributed by atoms with Gasteiger partial charge in [0.25, 0.3) is 0 Å². The number of rotatable bonds is 2. The summed E-state index contributed by atoms with van der Waals surface area (Å²) < 4.78 is 2.35. The molecule has 0 atom stereocenters. The van der Waals surface area contributed by atoms with E-state index >= 15 is 0 Å². The van der Waals surface area contributed by atoms with E-state index in [4.69, 9.17) is 9.97 Å². The molecule has 0 fully saturated rings. The van der Waals surface area contributed by atoms with E-state index in [2.05, 4.69) is 194 Å². The molecule has 10 aromatic carbocycles. The Morgan fingerprint density at radius 3 is 1.72 bits per heavy atom. The van der Waals surface area contributed by atoms with E-state index in [-0.39, 0.29) is 5.41 Å². The van der Waals surface area contributed by atoms with Crippen molar-refractivity contribution in [2.75, 3.05) is 0 Å². The van der Waals surface area contributed by atoms with Crippen molar-refractivity contribution in [3.63, 3.8) is 0 Å². The molecular weight excluding hydrogens is 703 g/mol. The predicted octanol–water partition coefficient (Wildman–Crippen LogP) is 14.5. The Balaban J connectivity index is 1.18. The second-order valence-electron chi connectivity index (χ2n) is 16.5. The second kappa shape index (κ2) is 11.4. The van der Waals surface area contributed by atoms with Crippen LogP contribution in [0.1, 0.15) is 25.0 Å². The fourth-order valence-corrected chi connectivity index (χ4v) is 10.4. The van der Waals surface area contributed by atoms with Gasteiger partial charge in [-0.2, -0.15) is 0 Å². The molecule has 3 nitrogen and oxygen atoms in total. The summed E-state index contributed by atoms with van der Waals surface area (Å²) in [6.45, 7) is 4.72. The molecule has 0 amide bonds. The lowest BCUT2D eigenvalue weighted by atomic mass is 9.82. The molecule has 2 heterocycles. The number of para-hydroxylation sites is 1. The van der Waals surface area contributed by atoms with Gasteiger partial charge in [0.05, 0.1) is 22.2 Å². The Kier molecular flexibility index (Phi) is 6.23. The highest BCUT2D eigenvalue weighted by Gasteiger charge is 2.36. The third-order valence-corrected chi connectivity index (χ3v) is 13.1. The van der Waals surface area contributed by atoms with Crippen LogP contribution in [0.25, 0.3) is 115 Å². The van der Waals surface area contributed by atoms with Crippen LogP contribution in [0.15, 0.2) is 176 Å². The monoisotopic (exact) mass is 737 g/mol. The van der Waals surface area contributed by atoms with E-state index in [1.807, 2.05) is 0 Å². The highest BCUT2D eigenvalue weighted by Crippen LogP contribution is 2.51. The standard InChI is InChI=1S/C55H35N3/c1-55(2)48-21-11-9-19-40(48)45-29-47-46-28-43-38-17-7-5-15-36(38)37-16-6-8-18-39(37)44(43)30-51(46)58(52(47)31-49(45)55)54-56-50-22-12-10-20-41(50)53(57-54)34-26-25-33-24-23-32-13-3-4-14-35(32)42(33)27-34/h3-31H,1-2H3. The summed E-state index contributed by atoms with van der Waals surface area (Å²) in [6.07, 6.45) is 0. The van der Waals surface area contributed by atoms with Gasteiger partial charge < -0.3 is 0 Å². The van der Waals surface area contributed by atoms with Crippen molar-refractivity contribution in [1.82, 2.24) is 14.5 Å². The Morgan fingerprint density at radius 1 is 0.379 bits per heavy atom. The van der Waals surface area contributed by atoms with Crippen LogP contribution in [0, 0.1) is 0 Å². The van der Waals surface area contributed by atoms with Crippen molar-refractivity contribution in [3.8, 4) is 28.3 Å². The van der Waals surface area contributed by atoms with Crippen LogP contribution in [0.2, 0.25) is 0 Å². The smallest absolute Gasteiger partial charge is 0.235 e. The molecule has 1 aliphatic carbocycles. The van der Waals surface area contributed by atoms with Gasteiger partial charge in [0.2, 0.25) is 5.95 Å². The summed E-state index contributed by atoms with van der Waals surface area (Å²) in [4.78, 5) is 11.0. The average molecular weight is 738 g/mol. The minimum Gasteiger partial charge on any atom is -0.278 e. The average Bonchev–Trinajstić information content (AvgIpc) is 3.71. The van der Waals surface area contributed by atoms with Gasteiger partial charge in [-0.3, -0.25) is 4.57 Å². The number of benzene rings is 10. The predicted molar refractivity (Wildman–Crippen MR) is 244 cm³/mol. The first kappa shape index (κ1) is 31.8. The molecule has 0 unspecified atom stereocenters. The zero-order valence-corrected chi connectivity index (χ0v) is 32.1.